The van der Waals surface area contributed by atoms with Crippen LogP contribution in [0.25, 0.3) is 0 Å². The lowest BCUT2D eigenvalue weighted by molar-refractivity contribution is -0.141. The lowest BCUT2D eigenvalue weighted by atomic mass is 10.2. The number of anilines is 1. The summed E-state index contributed by atoms with van der Waals surface area (Å²) >= 11 is 5.73. The highest BCUT2D eigenvalue weighted by atomic mass is 35.5. The molecule has 1 atom stereocenters. The standard InChI is InChI=1S/C13H16ClN3O3/c1-3-4-10(13(19)20)16-12(18)8-17(2)11-6-5-9(14)7-15-11/h3,5-7,10H,1,4,8H2,2H3,(H,16,18)(H,19,20). The summed E-state index contributed by atoms with van der Waals surface area (Å²) < 4.78 is 0. The molecule has 1 amide bonds. The molecule has 2 N–H and O–H groups in total. The average Bonchev–Trinajstić information content (AvgIpc) is 2.38. The van der Waals surface area contributed by atoms with Crippen LogP contribution in [0.4, 0.5) is 5.82 Å². The molecule has 1 heterocycles. The summed E-state index contributed by atoms with van der Waals surface area (Å²) in [7, 11) is 1.68. The molecule has 0 radical (unpaired) electrons. The second kappa shape index (κ2) is 7.49. The van der Waals surface area contributed by atoms with E-state index in [1.54, 1.807) is 24.1 Å². The number of carboxylic acid groups (broad SMARTS) is 1. The maximum Gasteiger partial charge on any atom is 0.326 e. The maximum absolute atomic E-state index is 11.8. The Labute approximate surface area is 122 Å². The highest BCUT2D eigenvalue weighted by molar-refractivity contribution is 6.30. The van der Waals surface area contributed by atoms with Crippen molar-refractivity contribution in [2.45, 2.75) is 12.5 Å². The summed E-state index contributed by atoms with van der Waals surface area (Å²) in [5, 5.41) is 11.9. The van der Waals surface area contributed by atoms with Crippen LogP contribution >= 0.6 is 11.6 Å². The third kappa shape index (κ3) is 4.89. The molecular formula is C13H16ClN3O3. The molecule has 1 unspecified atom stereocenters. The van der Waals surface area contributed by atoms with E-state index in [1.807, 2.05) is 0 Å². The molecule has 6 nitrogen and oxygen atoms in total. The van der Waals surface area contributed by atoms with E-state index in [-0.39, 0.29) is 13.0 Å². The molecule has 0 saturated heterocycles. The van der Waals surface area contributed by atoms with Crippen LogP contribution in [0.3, 0.4) is 0 Å². The number of aromatic nitrogens is 1. The van der Waals surface area contributed by atoms with Gasteiger partial charge >= 0.3 is 5.97 Å². The van der Waals surface area contributed by atoms with Crippen molar-refractivity contribution >= 4 is 29.3 Å². The number of amides is 1. The predicted octanol–water partition coefficient (Wildman–Crippen LogP) is 1.32. The lowest BCUT2D eigenvalue weighted by Crippen LogP contribution is -2.44. The van der Waals surface area contributed by atoms with Crippen LogP contribution in [0.2, 0.25) is 5.02 Å². The highest BCUT2D eigenvalue weighted by Crippen LogP contribution is 2.12. The topological polar surface area (TPSA) is 82.5 Å². The number of rotatable bonds is 7. The number of carboxylic acids is 1. The number of carbonyl (C=O) groups excluding carboxylic acids is 1. The molecule has 1 rings (SSSR count). The van der Waals surface area contributed by atoms with Crippen molar-refractivity contribution in [1.82, 2.24) is 10.3 Å². The summed E-state index contributed by atoms with van der Waals surface area (Å²) in [6.45, 7) is 3.45. The van der Waals surface area contributed by atoms with Crippen LogP contribution in [-0.4, -0.2) is 41.6 Å². The van der Waals surface area contributed by atoms with Crippen molar-refractivity contribution in [3.8, 4) is 0 Å². The van der Waals surface area contributed by atoms with Gasteiger partial charge in [0, 0.05) is 13.2 Å². The van der Waals surface area contributed by atoms with Gasteiger partial charge in [0.25, 0.3) is 0 Å². The highest BCUT2D eigenvalue weighted by Gasteiger charge is 2.19. The molecule has 0 aliphatic rings. The molecule has 0 fully saturated rings. The first-order valence-corrected chi connectivity index (χ1v) is 6.27. The molecule has 7 heteroatoms. The van der Waals surface area contributed by atoms with Crippen molar-refractivity contribution in [3.63, 3.8) is 0 Å². The first-order chi connectivity index (χ1) is 9.43. The smallest absolute Gasteiger partial charge is 0.326 e. The van der Waals surface area contributed by atoms with Gasteiger partial charge in [-0.15, -0.1) is 6.58 Å². The summed E-state index contributed by atoms with van der Waals surface area (Å²) in [6, 6.07) is 2.37. The van der Waals surface area contributed by atoms with Crippen LogP contribution in [0.15, 0.2) is 31.0 Å². The van der Waals surface area contributed by atoms with E-state index < -0.39 is 17.9 Å². The Hall–Kier alpha value is -2.08. The summed E-state index contributed by atoms with van der Waals surface area (Å²) in [6.07, 6.45) is 3.09. The number of likely N-dealkylation sites (N-methyl/N-ethyl adjacent to an activating group) is 1. The van der Waals surface area contributed by atoms with Crippen LogP contribution < -0.4 is 10.2 Å². The van der Waals surface area contributed by atoms with Crippen molar-refractivity contribution in [3.05, 3.63) is 36.0 Å². The Balaban J connectivity index is 2.58. The Morgan fingerprint density at radius 2 is 2.30 bits per heavy atom. The molecule has 0 saturated carbocycles. The second-order valence-electron chi connectivity index (χ2n) is 4.17. The van der Waals surface area contributed by atoms with E-state index in [1.165, 1.54) is 12.3 Å². The van der Waals surface area contributed by atoms with Crippen LogP contribution in [0.5, 0.6) is 0 Å². The van der Waals surface area contributed by atoms with Gasteiger partial charge in [0.05, 0.1) is 11.6 Å². The minimum absolute atomic E-state index is 0.00441. The third-order valence-corrected chi connectivity index (χ3v) is 2.74. The van der Waals surface area contributed by atoms with E-state index in [0.717, 1.165) is 0 Å². The van der Waals surface area contributed by atoms with Crippen LogP contribution in [0, 0.1) is 0 Å². The van der Waals surface area contributed by atoms with E-state index in [4.69, 9.17) is 16.7 Å². The lowest BCUT2D eigenvalue weighted by Gasteiger charge is -2.19. The van der Waals surface area contributed by atoms with Gasteiger partial charge in [-0.3, -0.25) is 4.79 Å². The van der Waals surface area contributed by atoms with Crippen molar-refractivity contribution in [1.29, 1.82) is 0 Å². The molecule has 20 heavy (non-hydrogen) atoms. The van der Waals surface area contributed by atoms with Gasteiger partial charge < -0.3 is 15.3 Å². The number of nitrogens with one attached hydrogen (secondary N) is 1. The van der Waals surface area contributed by atoms with Crippen LogP contribution in [-0.2, 0) is 9.59 Å². The fourth-order valence-corrected chi connectivity index (χ4v) is 1.63. The molecule has 0 spiro atoms. The number of nitrogens with zero attached hydrogens (tertiary/aromatic N) is 2. The first-order valence-electron chi connectivity index (χ1n) is 5.89. The number of aliphatic carboxylic acids is 1. The van der Waals surface area contributed by atoms with E-state index >= 15 is 0 Å². The van der Waals surface area contributed by atoms with Gasteiger partial charge in [0.15, 0.2) is 0 Å². The predicted molar refractivity (Wildman–Crippen MR) is 76.9 cm³/mol. The van der Waals surface area contributed by atoms with Gasteiger partial charge in [-0.1, -0.05) is 17.7 Å². The zero-order valence-electron chi connectivity index (χ0n) is 11.0. The number of carbonyl (C=O) groups is 2. The number of pyridine rings is 1. The molecule has 1 aromatic heterocycles. The van der Waals surface area contributed by atoms with Crippen molar-refractivity contribution in [2.24, 2.45) is 0 Å². The van der Waals surface area contributed by atoms with Gasteiger partial charge in [-0.25, -0.2) is 9.78 Å². The quantitative estimate of drug-likeness (QED) is 0.742. The zero-order chi connectivity index (χ0) is 15.1. The van der Waals surface area contributed by atoms with Crippen LogP contribution in [0.1, 0.15) is 6.42 Å². The number of hydrogen-bond acceptors (Lipinski definition) is 4. The molecule has 0 aliphatic heterocycles. The Bertz CT molecular complexity index is 490. The second-order valence-corrected chi connectivity index (χ2v) is 4.61. The van der Waals surface area contributed by atoms with E-state index in [0.29, 0.717) is 10.8 Å². The minimum atomic E-state index is -1.09. The Kier molecular flexibility index (Phi) is 5.99. The summed E-state index contributed by atoms with van der Waals surface area (Å²) in [4.78, 5) is 28.4. The molecule has 0 aromatic carbocycles. The number of halogens is 1. The van der Waals surface area contributed by atoms with Crippen molar-refractivity contribution < 1.29 is 14.7 Å². The van der Waals surface area contributed by atoms with E-state index in [9.17, 15) is 9.59 Å². The molecule has 0 bridgehead atoms. The Morgan fingerprint density at radius 3 is 2.80 bits per heavy atom. The summed E-state index contributed by atoms with van der Waals surface area (Å²) in [5.41, 5.74) is 0. The SMILES string of the molecule is C=CCC(NC(=O)CN(C)c1ccc(Cl)cn1)C(=O)O. The van der Waals surface area contributed by atoms with Crippen molar-refractivity contribution in [2.75, 3.05) is 18.5 Å². The monoisotopic (exact) mass is 297 g/mol. The summed E-state index contributed by atoms with van der Waals surface area (Å²) in [5.74, 6) is -0.927. The minimum Gasteiger partial charge on any atom is -0.480 e. The maximum atomic E-state index is 11.8. The molecular weight excluding hydrogens is 282 g/mol. The fourth-order valence-electron chi connectivity index (χ4n) is 1.52. The first kappa shape index (κ1) is 16.0. The third-order valence-electron chi connectivity index (χ3n) is 2.52. The molecule has 108 valence electrons. The zero-order valence-corrected chi connectivity index (χ0v) is 11.8. The molecule has 0 aliphatic carbocycles. The Morgan fingerprint density at radius 1 is 1.60 bits per heavy atom. The van der Waals surface area contributed by atoms with Gasteiger partial charge in [0.2, 0.25) is 5.91 Å². The van der Waals surface area contributed by atoms with Gasteiger partial charge in [0.1, 0.15) is 11.9 Å². The number of hydrogen-bond donors (Lipinski definition) is 2. The fraction of sp³-hybridized carbons (Fsp3) is 0.308. The normalized spacial score (nSPS) is 11.5. The average molecular weight is 298 g/mol. The largest absolute Gasteiger partial charge is 0.480 e. The van der Waals surface area contributed by atoms with Gasteiger partial charge in [-0.05, 0) is 18.6 Å². The van der Waals surface area contributed by atoms with E-state index in [2.05, 4.69) is 16.9 Å². The molecule has 1 aromatic rings. The van der Waals surface area contributed by atoms with Gasteiger partial charge in [-0.2, -0.15) is 0 Å².